The van der Waals surface area contributed by atoms with Gasteiger partial charge in [-0.05, 0) is 6.92 Å². The molecule has 0 fully saturated rings. The van der Waals surface area contributed by atoms with Gasteiger partial charge in [-0.3, -0.25) is 0 Å². The van der Waals surface area contributed by atoms with Crippen LogP contribution in [0.25, 0.3) is 0 Å². The highest BCUT2D eigenvalue weighted by molar-refractivity contribution is 5.56. The van der Waals surface area contributed by atoms with Crippen molar-refractivity contribution in [3.63, 3.8) is 0 Å². The van der Waals surface area contributed by atoms with E-state index in [1.165, 1.54) is 6.92 Å². The van der Waals surface area contributed by atoms with E-state index in [4.69, 9.17) is 5.26 Å². The summed E-state index contributed by atoms with van der Waals surface area (Å²) in [6.07, 6.45) is -2.60. The molecule has 1 radical (unpaired) electrons. The second-order valence-electron chi connectivity index (χ2n) is 1.14. The lowest BCUT2D eigenvalue weighted by atomic mass is 10.5. The Morgan fingerprint density at radius 3 is 2.50 bits per heavy atom. The van der Waals surface area contributed by atoms with Gasteiger partial charge >= 0.3 is 6.16 Å². The van der Waals surface area contributed by atoms with Gasteiger partial charge in [0.25, 0.3) is 0 Å². The fraction of sp³-hybridized carbons (Fsp3) is 0.500. The quantitative estimate of drug-likeness (QED) is 0.465. The summed E-state index contributed by atoms with van der Waals surface area (Å²) in [7, 11) is 0. The molecule has 1 unspecified atom stereocenters. The zero-order valence-electron chi connectivity index (χ0n) is 4.25. The number of carbonyl (C=O) groups is 1. The molecule has 0 amide bonds. The normalized spacial score (nSPS) is 11.5. The Morgan fingerprint density at radius 1 is 1.88 bits per heavy atom. The molecule has 0 aromatic rings. The van der Waals surface area contributed by atoms with Gasteiger partial charge in [0.2, 0.25) is 0 Å². The predicted molar refractivity (Wildman–Crippen MR) is 22.2 cm³/mol. The Morgan fingerprint density at radius 2 is 2.38 bits per heavy atom. The van der Waals surface area contributed by atoms with Gasteiger partial charge in [0.15, 0.2) is 6.10 Å². The predicted octanol–water partition coefficient (Wildman–Crippen LogP) is 0.466. The SMILES string of the molecule is CC(C#N)OC([O])=O. The Kier molecular flexibility index (Phi) is 2.41. The number of rotatable bonds is 1. The summed E-state index contributed by atoms with van der Waals surface area (Å²) >= 11 is 0. The van der Waals surface area contributed by atoms with E-state index >= 15 is 0 Å². The van der Waals surface area contributed by atoms with Crippen LogP contribution in [0, 0.1) is 11.3 Å². The van der Waals surface area contributed by atoms with Crippen LogP contribution in [-0.4, -0.2) is 12.3 Å². The molecule has 0 aliphatic rings. The van der Waals surface area contributed by atoms with E-state index in [2.05, 4.69) is 4.74 Å². The van der Waals surface area contributed by atoms with Crippen LogP contribution in [0.2, 0.25) is 0 Å². The summed E-state index contributed by atoms with van der Waals surface area (Å²) in [5.41, 5.74) is 0. The van der Waals surface area contributed by atoms with Crippen LogP contribution < -0.4 is 0 Å². The molecule has 0 aliphatic heterocycles. The zero-order valence-corrected chi connectivity index (χ0v) is 4.25. The van der Waals surface area contributed by atoms with Gasteiger partial charge < -0.3 is 4.74 Å². The fourth-order valence-corrected chi connectivity index (χ4v) is 0.171. The molecule has 1 atom stereocenters. The maximum Gasteiger partial charge on any atom is 0.551 e. The minimum Gasteiger partial charge on any atom is -0.413 e. The van der Waals surface area contributed by atoms with Gasteiger partial charge in [-0.25, -0.2) is 0 Å². The first-order valence-corrected chi connectivity index (χ1v) is 1.94. The largest absolute Gasteiger partial charge is 0.551 e. The van der Waals surface area contributed by atoms with E-state index in [1.807, 2.05) is 0 Å². The third kappa shape index (κ3) is 2.97. The molecule has 0 bridgehead atoms. The van der Waals surface area contributed by atoms with Crippen molar-refractivity contribution in [2.75, 3.05) is 0 Å². The summed E-state index contributed by atoms with van der Waals surface area (Å²) in [6.45, 7) is 1.32. The van der Waals surface area contributed by atoms with Crippen molar-refractivity contribution in [1.29, 1.82) is 5.26 Å². The van der Waals surface area contributed by atoms with Crippen molar-refractivity contribution in [1.82, 2.24) is 0 Å². The van der Waals surface area contributed by atoms with Crippen molar-refractivity contribution >= 4 is 6.16 Å². The van der Waals surface area contributed by atoms with E-state index in [1.54, 1.807) is 6.07 Å². The molecule has 0 aromatic heterocycles. The molecule has 43 valence electrons. The lowest BCUT2D eigenvalue weighted by Gasteiger charge is -1.95. The fourth-order valence-electron chi connectivity index (χ4n) is 0.171. The number of hydrogen-bond acceptors (Lipinski definition) is 3. The molecular weight excluding hydrogens is 110 g/mol. The van der Waals surface area contributed by atoms with Crippen molar-refractivity contribution < 1.29 is 14.6 Å². The first kappa shape index (κ1) is 6.76. The zero-order chi connectivity index (χ0) is 6.57. The topological polar surface area (TPSA) is 70.0 Å². The monoisotopic (exact) mass is 114 g/mol. The summed E-state index contributed by atoms with van der Waals surface area (Å²) in [6, 6.07) is 1.55. The van der Waals surface area contributed by atoms with Gasteiger partial charge in [-0.2, -0.15) is 15.2 Å². The summed E-state index contributed by atoms with van der Waals surface area (Å²) in [4.78, 5) is 9.48. The third-order valence-corrected chi connectivity index (χ3v) is 0.455. The van der Waals surface area contributed by atoms with Crippen molar-refractivity contribution in [3.05, 3.63) is 0 Å². The number of nitriles is 1. The molecule has 0 aliphatic carbocycles. The Bertz CT molecular complexity index is 126. The Hall–Kier alpha value is -1.24. The van der Waals surface area contributed by atoms with Crippen molar-refractivity contribution in [2.45, 2.75) is 13.0 Å². The van der Waals surface area contributed by atoms with Gasteiger partial charge in [0, 0.05) is 0 Å². The van der Waals surface area contributed by atoms with Crippen LogP contribution in [0.5, 0.6) is 0 Å². The van der Waals surface area contributed by atoms with E-state index in [9.17, 15) is 9.90 Å². The highest BCUT2D eigenvalue weighted by Gasteiger charge is 2.05. The average Bonchev–Trinajstić information content (AvgIpc) is 1.65. The standard InChI is InChI=1S/C4H4NO3/c1-3(2-5)8-4(6)7/h3H,1H3. The number of hydrogen-bond donors (Lipinski definition) is 0. The first-order valence-electron chi connectivity index (χ1n) is 1.94. The van der Waals surface area contributed by atoms with Crippen LogP contribution in [0.1, 0.15) is 6.92 Å². The maximum absolute atomic E-state index is 9.48. The minimum atomic E-state index is -1.67. The van der Waals surface area contributed by atoms with Gasteiger partial charge in [-0.1, -0.05) is 0 Å². The van der Waals surface area contributed by atoms with Crippen molar-refractivity contribution in [2.24, 2.45) is 0 Å². The average molecular weight is 114 g/mol. The summed E-state index contributed by atoms with van der Waals surface area (Å²) in [5, 5.41) is 17.4. The molecule has 0 N–H and O–H groups in total. The van der Waals surface area contributed by atoms with Crippen LogP contribution in [0.4, 0.5) is 4.79 Å². The second kappa shape index (κ2) is 2.86. The molecule has 0 rings (SSSR count). The summed E-state index contributed by atoms with van der Waals surface area (Å²) < 4.78 is 3.84. The first-order chi connectivity index (χ1) is 3.66. The van der Waals surface area contributed by atoms with E-state index in [0.717, 1.165) is 0 Å². The molecule has 0 aromatic carbocycles. The van der Waals surface area contributed by atoms with E-state index in [0.29, 0.717) is 0 Å². The maximum atomic E-state index is 9.48. The highest BCUT2D eigenvalue weighted by atomic mass is 16.7. The molecule has 0 saturated carbocycles. The lowest BCUT2D eigenvalue weighted by molar-refractivity contribution is 0.0549. The molecular formula is C4H4NO3. The van der Waals surface area contributed by atoms with Crippen LogP contribution in [0.15, 0.2) is 0 Å². The Labute approximate surface area is 46.3 Å². The van der Waals surface area contributed by atoms with Crippen LogP contribution >= 0.6 is 0 Å². The molecule has 0 saturated heterocycles. The number of nitrogens with zero attached hydrogens (tertiary/aromatic N) is 1. The number of carbonyl (C=O) groups excluding carboxylic acids is 1. The van der Waals surface area contributed by atoms with Gasteiger partial charge in [0.05, 0.1) is 0 Å². The van der Waals surface area contributed by atoms with Crippen LogP contribution in [-0.2, 0) is 9.84 Å². The molecule has 4 heteroatoms. The molecule has 8 heavy (non-hydrogen) atoms. The molecule has 4 nitrogen and oxygen atoms in total. The third-order valence-electron chi connectivity index (χ3n) is 0.455. The molecule has 0 spiro atoms. The lowest BCUT2D eigenvalue weighted by Crippen LogP contribution is -2.08. The summed E-state index contributed by atoms with van der Waals surface area (Å²) in [5.74, 6) is 0. The van der Waals surface area contributed by atoms with E-state index in [-0.39, 0.29) is 0 Å². The van der Waals surface area contributed by atoms with Gasteiger partial charge in [0.1, 0.15) is 6.07 Å². The molecule has 0 heterocycles. The van der Waals surface area contributed by atoms with Crippen molar-refractivity contribution in [3.8, 4) is 6.07 Å². The van der Waals surface area contributed by atoms with Gasteiger partial charge in [-0.15, -0.1) is 0 Å². The van der Waals surface area contributed by atoms with Crippen LogP contribution in [0.3, 0.4) is 0 Å². The number of ether oxygens (including phenoxy) is 1. The highest BCUT2D eigenvalue weighted by Crippen LogP contribution is 1.86. The smallest absolute Gasteiger partial charge is 0.413 e. The minimum absolute atomic E-state index is 0.931. The van der Waals surface area contributed by atoms with E-state index < -0.39 is 12.3 Å². The Balaban J connectivity index is 3.43. The second-order valence-corrected chi connectivity index (χ2v) is 1.14.